The number of H-pyrrole nitrogens is 1. The number of rotatable bonds is 1. The van der Waals surface area contributed by atoms with Gasteiger partial charge < -0.3 is 0 Å². The van der Waals surface area contributed by atoms with E-state index in [4.69, 9.17) is 0 Å². The number of nitrogens with one attached hydrogen (secondary N) is 1. The number of aromatic amines is 1. The molecule has 0 fully saturated rings. The molecular formula is C9H7BrClN5. The summed E-state index contributed by atoms with van der Waals surface area (Å²) in [6.45, 7) is 0. The van der Waals surface area contributed by atoms with Crippen molar-refractivity contribution in [3.05, 3.63) is 35.5 Å². The first-order valence-corrected chi connectivity index (χ1v) is 5.13. The van der Waals surface area contributed by atoms with Gasteiger partial charge in [-0.1, -0.05) is 0 Å². The molecule has 0 bridgehead atoms. The highest BCUT2D eigenvalue weighted by molar-refractivity contribution is 9.10. The van der Waals surface area contributed by atoms with E-state index >= 15 is 0 Å². The smallest absolute Gasteiger partial charge is 0.136 e. The Kier molecular flexibility index (Phi) is 2.93. The van der Waals surface area contributed by atoms with E-state index in [0.717, 1.165) is 21.2 Å². The Bertz CT molecular complexity index is 603. The van der Waals surface area contributed by atoms with E-state index < -0.39 is 0 Å². The molecule has 3 aromatic rings. The maximum atomic E-state index is 4.37. The van der Waals surface area contributed by atoms with E-state index in [1.54, 1.807) is 29.5 Å². The quantitative estimate of drug-likeness (QED) is 0.750. The van der Waals surface area contributed by atoms with E-state index in [1.165, 1.54) is 0 Å². The summed E-state index contributed by atoms with van der Waals surface area (Å²) in [6.07, 6.45) is 7.02. The van der Waals surface area contributed by atoms with Gasteiger partial charge in [0.15, 0.2) is 0 Å². The van der Waals surface area contributed by atoms with Crippen LogP contribution < -0.4 is 0 Å². The topological polar surface area (TPSA) is 59.4 Å². The van der Waals surface area contributed by atoms with Gasteiger partial charge in [0.25, 0.3) is 0 Å². The van der Waals surface area contributed by atoms with Crippen molar-refractivity contribution < 1.29 is 0 Å². The molecule has 5 nitrogen and oxygen atoms in total. The van der Waals surface area contributed by atoms with Crippen LogP contribution in [0.2, 0.25) is 0 Å². The first kappa shape index (κ1) is 11.1. The van der Waals surface area contributed by atoms with Crippen LogP contribution in [0.3, 0.4) is 0 Å². The molecule has 0 aliphatic rings. The van der Waals surface area contributed by atoms with E-state index in [9.17, 15) is 0 Å². The van der Waals surface area contributed by atoms with Gasteiger partial charge in [-0.15, -0.1) is 12.4 Å². The SMILES string of the molecule is Brc1nn(-c2cn[nH]c2)c2cnccc12.Cl. The molecule has 0 aliphatic carbocycles. The summed E-state index contributed by atoms with van der Waals surface area (Å²) in [7, 11) is 0. The highest BCUT2D eigenvalue weighted by Crippen LogP contribution is 2.24. The van der Waals surface area contributed by atoms with E-state index in [-0.39, 0.29) is 12.4 Å². The van der Waals surface area contributed by atoms with Crippen LogP contribution >= 0.6 is 28.3 Å². The molecule has 82 valence electrons. The highest BCUT2D eigenvalue weighted by atomic mass is 79.9. The monoisotopic (exact) mass is 299 g/mol. The van der Waals surface area contributed by atoms with Crippen LogP contribution in [0.5, 0.6) is 0 Å². The summed E-state index contributed by atoms with van der Waals surface area (Å²) in [5, 5.41) is 12.0. The van der Waals surface area contributed by atoms with Crippen LogP contribution in [0.15, 0.2) is 35.5 Å². The molecule has 3 rings (SSSR count). The first-order valence-electron chi connectivity index (χ1n) is 4.33. The largest absolute Gasteiger partial charge is 0.283 e. The van der Waals surface area contributed by atoms with Crippen LogP contribution in [0.1, 0.15) is 0 Å². The van der Waals surface area contributed by atoms with Crippen molar-refractivity contribution in [1.82, 2.24) is 25.0 Å². The molecule has 0 atom stereocenters. The zero-order chi connectivity index (χ0) is 10.3. The van der Waals surface area contributed by atoms with Gasteiger partial charge in [-0.3, -0.25) is 10.1 Å². The lowest BCUT2D eigenvalue weighted by Crippen LogP contribution is -1.93. The molecule has 0 aromatic carbocycles. The summed E-state index contributed by atoms with van der Waals surface area (Å²) in [4.78, 5) is 4.08. The van der Waals surface area contributed by atoms with Crippen LogP contribution in [0, 0.1) is 0 Å². The molecular weight excluding hydrogens is 293 g/mol. The summed E-state index contributed by atoms with van der Waals surface area (Å²) in [6, 6.07) is 1.92. The molecule has 16 heavy (non-hydrogen) atoms. The van der Waals surface area contributed by atoms with Crippen molar-refractivity contribution in [3.63, 3.8) is 0 Å². The Morgan fingerprint density at radius 1 is 1.31 bits per heavy atom. The fraction of sp³-hybridized carbons (Fsp3) is 0. The van der Waals surface area contributed by atoms with Gasteiger partial charge >= 0.3 is 0 Å². The summed E-state index contributed by atoms with van der Waals surface area (Å²) >= 11 is 3.41. The van der Waals surface area contributed by atoms with Gasteiger partial charge in [-0.25, -0.2) is 4.68 Å². The zero-order valence-electron chi connectivity index (χ0n) is 7.96. The van der Waals surface area contributed by atoms with Crippen molar-refractivity contribution in [1.29, 1.82) is 0 Å². The molecule has 0 saturated carbocycles. The van der Waals surface area contributed by atoms with Gasteiger partial charge in [0, 0.05) is 17.8 Å². The second-order valence-electron chi connectivity index (χ2n) is 3.05. The van der Waals surface area contributed by atoms with Crippen LogP contribution in [0.25, 0.3) is 16.6 Å². The van der Waals surface area contributed by atoms with Gasteiger partial charge in [-0.05, 0) is 22.0 Å². The zero-order valence-corrected chi connectivity index (χ0v) is 10.4. The number of hydrogen-bond acceptors (Lipinski definition) is 3. The normalized spacial score (nSPS) is 10.3. The standard InChI is InChI=1S/C9H6BrN5.ClH/c10-9-7-1-2-11-5-8(7)15(14-9)6-3-12-13-4-6;/h1-5H,(H,12,13);1H. The minimum absolute atomic E-state index is 0. The van der Waals surface area contributed by atoms with Crippen molar-refractivity contribution >= 4 is 39.2 Å². The predicted octanol–water partition coefficient (Wildman–Crippen LogP) is 2.33. The lowest BCUT2D eigenvalue weighted by molar-refractivity contribution is 0.897. The Balaban J connectivity index is 0.000000963. The molecule has 0 radical (unpaired) electrons. The average molecular weight is 301 g/mol. The maximum Gasteiger partial charge on any atom is 0.136 e. The second-order valence-corrected chi connectivity index (χ2v) is 3.80. The third-order valence-electron chi connectivity index (χ3n) is 2.17. The molecule has 7 heteroatoms. The summed E-state index contributed by atoms with van der Waals surface area (Å²) < 4.78 is 2.59. The molecule has 0 spiro atoms. The lowest BCUT2D eigenvalue weighted by Gasteiger charge is -1.96. The third kappa shape index (κ3) is 1.60. The fourth-order valence-electron chi connectivity index (χ4n) is 1.48. The Labute approximate surface area is 105 Å². The Morgan fingerprint density at radius 3 is 2.94 bits per heavy atom. The van der Waals surface area contributed by atoms with Crippen molar-refractivity contribution in [2.24, 2.45) is 0 Å². The molecule has 1 N–H and O–H groups in total. The average Bonchev–Trinajstić information content (AvgIpc) is 2.87. The lowest BCUT2D eigenvalue weighted by atomic mass is 10.3. The number of aromatic nitrogens is 5. The number of fused-ring (bicyclic) bond motifs is 1. The molecule has 0 unspecified atom stereocenters. The first-order chi connectivity index (χ1) is 7.36. The second kappa shape index (κ2) is 4.23. The molecule has 0 amide bonds. The van der Waals surface area contributed by atoms with Crippen molar-refractivity contribution in [2.45, 2.75) is 0 Å². The molecule has 3 aromatic heterocycles. The summed E-state index contributed by atoms with van der Waals surface area (Å²) in [5.41, 5.74) is 1.84. The minimum atomic E-state index is 0. The van der Waals surface area contributed by atoms with E-state index in [1.807, 2.05) is 6.07 Å². The van der Waals surface area contributed by atoms with Gasteiger partial charge in [0.1, 0.15) is 10.3 Å². The van der Waals surface area contributed by atoms with Crippen molar-refractivity contribution in [2.75, 3.05) is 0 Å². The van der Waals surface area contributed by atoms with Gasteiger partial charge in [0.2, 0.25) is 0 Å². The summed E-state index contributed by atoms with van der Waals surface area (Å²) in [5.74, 6) is 0. The van der Waals surface area contributed by atoms with E-state index in [2.05, 4.69) is 36.2 Å². The third-order valence-corrected chi connectivity index (χ3v) is 2.75. The van der Waals surface area contributed by atoms with Gasteiger partial charge in [0.05, 0.1) is 17.9 Å². The molecule has 0 aliphatic heterocycles. The predicted molar refractivity (Wildman–Crippen MR) is 66.0 cm³/mol. The fourth-order valence-corrected chi connectivity index (χ4v) is 1.98. The highest BCUT2D eigenvalue weighted by Gasteiger charge is 2.09. The maximum absolute atomic E-state index is 4.37. The number of hydrogen-bond donors (Lipinski definition) is 1. The number of nitrogens with zero attached hydrogens (tertiary/aromatic N) is 4. The van der Waals surface area contributed by atoms with E-state index in [0.29, 0.717) is 0 Å². The number of pyridine rings is 1. The van der Waals surface area contributed by atoms with Crippen LogP contribution in [-0.2, 0) is 0 Å². The van der Waals surface area contributed by atoms with Crippen LogP contribution in [-0.4, -0.2) is 25.0 Å². The molecule has 3 heterocycles. The van der Waals surface area contributed by atoms with Crippen LogP contribution in [0.4, 0.5) is 0 Å². The number of halogens is 2. The Morgan fingerprint density at radius 2 is 2.19 bits per heavy atom. The van der Waals surface area contributed by atoms with Gasteiger partial charge in [-0.2, -0.15) is 10.2 Å². The minimum Gasteiger partial charge on any atom is -0.283 e. The Hall–Kier alpha value is -1.40. The van der Waals surface area contributed by atoms with Crippen molar-refractivity contribution in [3.8, 4) is 5.69 Å². The molecule has 0 saturated heterocycles.